The number of benzene rings is 1. The summed E-state index contributed by atoms with van der Waals surface area (Å²) in [6, 6.07) is 7.16. The van der Waals surface area contributed by atoms with Gasteiger partial charge >= 0.3 is 5.97 Å². The van der Waals surface area contributed by atoms with Gasteiger partial charge in [-0.2, -0.15) is 10.1 Å². The van der Waals surface area contributed by atoms with Crippen molar-refractivity contribution in [2.24, 2.45) is 4.99 Å². The van der Waals surface area contributed by atoms with Crippen LogP contribution < -0.4 is 4.80 Å². The standard InChI is InChI=1S/C13H12ClN3O3S/c14-10-5-3-9(4-6-10)12-16-17(7-1-2-11(19)20)13(21-12)15-8-18/h3-6,8H,1-2,7H2,(H,19,20). The average Bonchev–Trinajstić information content (AvgIpc) is 2.83. The number of carbonyl (C=O) groups excluding carboxylic acids is 1. The number of aryl methyl sites for hydroxylation is 1. The van der Waals surface area contributed by atoms with Crippen molar-refractivity contribution in [3.63, 3.8) is 0 Å². The molecule has 0 atom stereocenters. The van der Waals surface area contributed by atoms with E-state index < -0.39 is 5.97 Å². The van der Waals surface area contributed by atoms with E-state index in [2.05, 4.69) is 10.1 Å². The van der Waals surface area contributed by atoms with E-state index in [9.17, 15) is 9.59 Å². The molecule has 1 aromatic heterocycles. The minimum absolute atomic E-state index is 0.0430. The number of aromatic nitrogens is 2. The van der Waals surface area contributed by atoms with Crippen LogP contribution in [0, 0.1) is 0 Å². The fourth-order valence-corrected chi connectivity index (χ4v) is 2.71. The number of hydrogen-bond acceptors (Lipinski definition) is 4. The van der Waals surface area contributed by atoms with Crippen molar-refractivity contribution >= 4 is 35.3 Å². The number of aliphatic carboxylic acids is 1. The fourth-order valence-electron chi connectivity index (χ4n) is 1.68. The molecule has 1 heterocycles. The molecule has 0 aliphatic rings. The second kappa shape index (κ2) is 7.14. The van der Waals surface area contributed by atoms with Crippen LogP contribution in [0.25, 0.3) is 10.6 Å². The zero-order valence-electron chi connectivity index (χ0n) is 10.9. The maximum Gasteiger partial charge on any atom is 0.303 e. The van der Waals surface area contributed by atoms with Gasteiger partial charge in [0.05, 0.1) is 0 Å². The first kappa shape index (κ1) is 15.4. The van der Waals surface area contributed by atoms with E-state index in [4.69, 9.17) is 16.7 Å². The molecule has 0 aliphatic heterocycles. The molecule has 21 heavy (non-hydrogen) atoms. The largest absolute Gasteiger partial charge is 0.481 e. The molecule has 110 valence electrons. The lowest BCUT2D eigenvalue weighted by Gasteiger charge is -1.99. The Balaban J connectivity index is 2.28. The molecule has 0 radical (unpaired) electrons. The van der Waals surface area contributed by atoms with Crippen LogP contribution in [0.1, 0.15) is 12.8 Å². The van der Waals surface area contributed by atoms with Crippen LogP contribution in [0.15, 0.2) is 29.3 Å². The number of carboxylic acid groups (broad SMARTS) is 1. The highest BCUT2D eigenvalue weighted by molar-refractivity contribution is 7.12. The lowest BCUT2D eigenvalue weighted by molar-refractivity contribution is -0.137. The van der Waals surface area contributed by atoms with Crippen LogP contribution in [-0.4, -0.2) is 27.3 Å². The first-order valence-electron chi connectivity index (χ1n) is 6.13. The first-order valence-corrected chi connectivity index (χ1v) is 7.33. The lowest BCUT2D eigenvalue weighted by atomic mass is 10.2. The Labute approximate surface area is 129 Å². The Kier molecular flexibility index (Phi) is 5.24. The third kappa shape index (κ3) is 4.24. The normalized spacial score (nSPS) is 11.6. The number of rotatable bonds is 6. The predicted molar refractivity (Wildman–Crippen MR) is 79.0 cm³/mol. The van der Waals surface area contributed by atoms with Gasteiger partial charge in [0.15, 0.2) is 0 Å². The molecule has 0 aliphatic carbocycles. The van der Waals surface area contributed by atoms with Crippen LogP contribution in [0.5, 0.6) is 0 Å². The molecule has 2 rings (SSSR count). The monoisotopic (exact) mass is 325 g/mol. The van der Waals surface area contributed by atoms with Gasteiger partial charge in [-0.05, 0) is 18.6 Å². The summed E-state index contributed by atoms with van der Waals surface area (Å²) in [4.78, 5) is 25.3. The Morgan fingerprint density at radius 3 is 2.76 bits per heavy atom. The van der Waals surface area contributed by atoms with Crippen molar-refractivity contribution in [2.45, 2.75) is 19.4 Å². The molecule has 0 unspecified atom stereocenters. The molecule has 0 saturated carbocycles. The SMILES string of the molecule is O=CN=c1sc(-c2ccc(Cl)cc2)nn1CCCC(=O)O. The van der Waals surface area contributed by atoms with Crippen LogP contribution in [0.3, 0.4) is 0 Å². The van der Waals surface area contributed by atoms with Gasteiger partial charge in [-0.1, -0.05) is 35.1 Å². The summed E-state index contributed by atoms with van der Waals surface area (Å²) in [5.41, 5.74) is 0.865. The van der Waals surface area contributed by atoms with E-state index in [1.807, 2.05) is 12.1 Å². The Morgan fingerprint density at radius 1 is 1.43 bits per heavy atom. The molecule has 0 saturated heterocycles. The van der Waals surface area contributed by atoms with Gasteiger partial charge in [0.25, 0.3) is 0 Å². The molecule has 8 heteroatoms. The minimum Gasteiger partial charge on any atom is -0.481 e. The first-order chi connectivity index (χ1) is 10.1. The molecular formula is C13H12ClN3O3S. The second-order valence-electron chi connectivity index (χ2n) is 4.15. The van der Waals surface area contributed by atoms with Crippen molar-refractivity contribution in [1.82, 2.24) is 9.78 Å². The van der Waals surface area contributed by atoms with Crippen molar-refractivity contribution in [3.05, 3.63) is 34.1 Å². The molecule has 1 amide bonds. The molecular weight excluding hydrogens is 314 g/mol. The van der Waals surface area contributed by atoms with Crippen LogP contribution in [-0.2, 0) is 16.1 Å². The summed E-state index contributed by atoms with van der Waals surface area (Å²) < 4.78 is 1.55. The maximum atomic E-state index is 10.6. The summed E-state index contributed by atoms with van der Waals surface area (Å²) in [6.07, 6.45) is 0.916. The number of amides is 1. The summed E-state index contributed by atoms with van der Waals surface area (Å²) in [7, 11) is 0. The van der Waals surface area contributed by atoms with E-state index in [0.29, 0.717) is 34.2 Å². The van der Waals surface area contributed by atoms with Gasteiger partial charge < -0.3 is 5.11 Å². The van der Waals surface area contributed by atoms with Crippen molar-refractivity contribution in [1.29, 1.82) is 0 Å². The van der Waals surface area contributed by atoms with Crippen molar-refractivity contribution in [2.75, 3.05) is 0 Å². The van der Waals surface area contributed by atoms with Gasteiger partial charge in [-0.25, -0.2) is 4.68 Å². The maximum absolute atomic E-state index is 10.6. The quantitative estimate of drug-likeness (QED) is 0.825. The van der Waals surface area contributed by atoms with Crippen LogP contribution in [0.2, 0.25) is 5.02 Å². The van der Waals surface area contributed by atoms with E-state index >= 15 is 0 Å². The van der Waals surface area contributed by atoms with Crippen molar-refractivity contribution in [3.8, 4) is 10.6 Å². The fraction of sp³-hybridized carbons (Fsp3) is 0.231. The van der Waals surface area contributed by atoms with Crippen LogP contribution >= 0.6 is 22.9 Å². The van der Waals surface area contributed by atoms with E-state index in [1.54, 1.807) is 16.8 Å². The van der Waals surface area contributed by atoms with Crippen LogP contribution in [0.4, 0.5) is 0 Å². The third-order valence-electron chi connectivity index (χ3n) is 2.64. The number of hydrogen-bond donors (Lipinski definition) is 1. The van der Waals surface area contributed by atoms with E-state index in [1.165, 1.54) is 11.3 Å². The molecule has 1 N–H and O–H groups in total. The number of nitrogens with zero attached hydrogens (tertiary/aromatic N) is 3. The molecule has 2 aromatic rings. The minimum atomic E-state index is -0.863. The Morgan fingerprint density at radius 2 is 2.14 bits per heavy atom. The highest BCUT2D eigenvalue weighted by Gasteiger charge is 2.08. The smallest absolute Gasteiger partial charge is 0.303 e. The highest BCUT2D eigenvalue weighted by Crippen LogP contribution is 2.21. The average molecular weight is 326 g/mol. The zero-order chi connectivity index (χ0) is 15.2. The summed E-state index contributed by atoms with van der Waals surface area (Å²) >= 11 is 7.11. The summed E-state index contributed by atoms with van der Waals surface area (Å²) in [6.45, 7) is 0.392. The van der Waals surface area contributed by atoms with Gasteiger partial charge in [0.1, 0.15) is 5.01 Å². The molecule has 0 fully saturated rings. The van der Waals surface area contributed by atoms with Gasteiger partial charge in [-0.3, -0.25) is 9.59 Å². The van der Waals surface area contributed by atoms with Gasteiger partial charge in [0, 0.05) is 23.6 Å². The highest BCUT2D eigenvalue weighted by atomic mass is 35.5. The van der Waals surface area contributed by atoms with Gasteiger partial charge in [-0.15, -0.1) is 0 Å². The second-order valence-corrected chi connectivity index (χ2v) is 5.54. The van der Waals surface area contributed by atoms with E-state index in [-0.39, 0.29) is 6.42 Å². The molecule has 1 aromatic carbocycles. The number of carbonyl (C=O) groups is 2. The molecule has 6 nitrogen and oxygen atoms in total. The summed E-state index contributed by atoms with van der Waals surface area (Å²) in [5.74, 6) is -0.863. The lowest BCUT2D eigenvalue weighted by Crippen LogP contribution is -2.17. The topological polar surface area (TPSA) is 84.5 Å². The molecule has 0 spiro atoms. The number of carboxylic acids is 1. The third-order valence-corrected chi connectivity index (χ3v) is 3.90. The van der Waals surface area contributed by atoms with E-state index in [0.717, 1.165) is 5.56 Å². The number of halogens is 1. The zero-order valence-corrected chi connectivity index (χ0v) is 12.5. The Hall–Kier alpha value is -1.99. The Bertz CT molecular complexity index is 706. The summed E-state index contributed by atoms with van der Waals surface area (Å²) in [5, 5.41) is 14.4. The molecule has 0 bridgehead atoms. The van der Waals surface area contributed by atoms with Crippen molar-refractivity contribution < 1.29 is 14.7 Å². The van der Waals surface area contributed by atoms with Gasteiger partial charge in [0.2, 0.25) is 11.2 Å². The predicted octanol–water partition coefficient (Wildman–Crippen LogP) is 2.19.